The number of rotatable bonds is 3. The van der Waals surface area contributed by atoms with Crippen LogP contribution in [0.2, 0.25) is 0 Å². The lowest BCUT2D eigenvalue weighted by Crippen LogP contribution is -2.07. The molecule has 0 saturated heterocycles. The van der Waals surface area contributed by atoms with Crippen molar-refractivity contribution < 1.29 is 14.3 Å². The van der Waals surface area contributed by atoms with Crippen LogP contribution in [-0.2, 0) is 4.79 Å². The summed E-state index contributed by atoms with van der Waals surface area (Å²) in [7, 11) is 3.17. The summed E-state index contributed by atoms with van der Waals surface area (Å²) < 4.78 is 10.5. The van der Waals surface area contributed by atoms with Gasteiger partial charge in [0.05, 0.1) is 31.6 Å². The predicted octanol–water partition coefficient (Wildman–Crippen LogP) is 2.52. The van der Waals surface area contributed by atoms with E-state index in [0.717, 1.165) is 16.5 Å². The molecule has 1 heterocycles. The van der Waals surface area contributed by atoms with Crippen LogP contribution in [0.1, 0.15) is 12.5 Å². The highest BCUT2D eigenvalue weighted by molar-refractivity contribution is 5.95. The summed E-state index contributed by atoms with van der Waals surface area (Å²) >= 11 is 0. The molecule has 19 heavy (non-hydrogen) atoms. The summed E-state index contributed by atoms with van der Waals surface area (Å²) in [4.78, 5) is 15.5. The Kier molecular flexibility index (Phi) is 3.55. The summed E-state index contributed by atoms with van der Waals surface area (Å²) in [6.45, 7) is 3.40. The number of benzene rings is 1. The Balaban J connectivity index is 2.64. The highest BCUT2D eigenvalue weighted by atomic mass is 16.5. The molecule has 0 spiro atoms. The number of aryl methyl sites for hydroxylation is 1. The van der Waals surface area contributed by atoms with Gasteiger partial charge in [-0.25, -0.2) is 0 Å². The highest BCUT2D eigenvalue weighted by Crippen LogP contribution is 2.34. The summed E-state index contributed by atoms with van der Waals surface area (Å²) in [5, 5.41) is 3.68. The summed E-state index contributed by atoms with van der Waals surface area (Å²) in [5.74, 6) is 1.15. The number of aromatic nitrogens is 1. The van der Waals surface area contributed by atoms with E-state index < -0.39 is 0 Å². The van der Waals surface area contributed by atoms with Gasteiger partial charge < -0.3 is 14.8 Å². The molecule has 0 atom stereocenters. The fraction of sp³-hybridized carbons (Fsp3) is 0.286. The number of methoxy groups -OCH3 is 2. The van der Waals surface area contributed by atoms with Crippen molar-refractivity contribution in [2.75, 3.05) is 19.5 Å². The van der Waals surface area contributed by atoms with E-state index in [1.54, 1.807) is 20.4 Å². The minimum absolute atomic E-state index is 0.121. The molecule has 2 aromatic rings. The summed E-state index contributed by atoms with van der Waals surface area (Å²) in [6.07, 6.45) is 1.64. The molecule has 2 rings (SSSR count). The van der Waals surface area contributed by atoms with Gasteiger partial charge in [-0.3, -0.25) is 9.78 Å². The fourth-order valence-electron chi connectivity index (χ4n) is 1.97. The minimum Gasteiger partial charge on any atom is -0.493 e. The van der Waals surface area contributed by atoms with Crippen LogP contribution in [-0.4, -0.2) is 25.1 Å². The second kappa shape index (κ2) is 5.14. The van der Waals surface area contributed by atoms with Crippen LogP contribution >= 0.6 is 0 Å². The Hall–Kier alpha value is -2.30. The number of amides is 1. The number of hydrogen-bond donors (Lipinski definition) is 1. The van der Waals surface area contributed by atoms with E-state index in [2.05, 4.69) is 10.3 Å². The molecule has 5 heteroatoms. The number of fused-ring (bicyclic) bond motifs is 1. The van der Waals surface area contributed by atoms with E-state index in [-0.39, 0.29) is 5.91 Å². The average molecular weight is 260 g/mol. The van der Waals surface area contributed by atoms with Crippen LogP contribution in [0.15, 0.2) is 18.3 Å². The first kappa shape index (κ1) is 13.1. The lowest BCUT2D eigenvalue weighted by Gasteiger charge is -2.12. The molecule has 0 unspecified atom stereocenters. The normalized spacial score (nSPS) is 10.3. The zero-order valence-electron chi connectivity index (χ0n) is 11.4. The van der Waals surface area contributed by atoms with Gasteiger partial charge in [-0.05, 0) is 18.6 Å². The van der Waals surface area contributed by atoms with Crippen LogP contribution in [0, 0.1) is 6.92 Å². The second-order valence-electron chi connectivity index (χ2n) is 4.20. The van der Waals surface area contributed by atoms with Gasteiger partial charge in [-0.2, -0.15) is 0 Å². The maximum absolute atomic E-state index is 11.1. The third-order valence-electron chi connectivity index (χ3n) is 2.95. The van der Waals surface area contributed by atoms with Crippen molar-refractivity contribution in [3.05, 3.63) is 23.9 Å². The van der Waals surface area contributed by atoms with Gasteiger partial charge in [0.15, 0.2) is 11.5 Å². The first-order valence-electron chi connectivity index (χ1n) is 5.85. The Bertz CT molecular complexity index is 638. The second-order valence-corrected chi connectivity index (χ2v) is 4.20. The van der Waals surface area contributed by atoms with Gasteiger partial charge >= 0.3 is 0 Å². The SMILES string of the molecule is COc1cc2ncc(NC(C)=O)c(C)c2cc1OC. The zero-order chi connectivity index (χ0) is 14.0. The standard InChI is InChI=1S/C14H16N2O3/c1-8-10-5-13(18-3)14(19-4)6-11(10)15-7-12(8)16-9(2)17/h5-7H,1-4H3,(H,16,17). The molecule has 0 saturated carbocycles. The largest absolute Gasteiger partial charge is 0.493 e. The number of nitrogens with one attached hydrogen (secondary N) is 1. The average Bonchev–Trinajstić information content (AvgIpc) is 2.40. The zero-order valence-corrected chi connectivity index (χ0v) is 11.4. The Morgan fingerprint density at radius 2 is 1.84 bits per heavy atom. The van der Waals surface area contributed by atoms with Gasteiger partial charge in [-0.15, -0.1) is 0 Å². The molecule has 0 aliphatic heterocycles. The van der Waals surface area contributed by atoms with Crippen LogP contribution < -0.4 is 14.8 Å². The number of carbonyl (C=O) groups is 1. The molecule has 1 amide bonds. The Morgan fingerprint density at radius 1 is 1.21 bits per heavy atom. The van der Waals surface area contributed by atoms with Gasteiger partial charge in [-0.1, -0.05) is 0 Å². The van der Waals surface area contributed by atoms with Crippen LogP contribution in [0.5, 0.6) is 11.5 Å². The van der Waals surface area contributed by atoms with E-state index in [1.165, 1.54) is 6.92 Å². The van der Waals surface area contributed by atoms with Crippen molar-refractivity contribution in [2.24, 2.45) is 0 Å². The van der Waals surface area contributed by atoms with Gasteiger partial charge in [0.2, 0.25) is 5.91 Å². The van der Waals surface area contributed by atoms with E-state index in [9.17, 15) is 4.79 Å². The maximum atomic E-state index is 11.1. The molecule has 0 fully saturated rings. The monoisotopic (exact) mass is 260 g/mol. The topological polar surface area (TPSA) is 60.5 Å². The third kappa shape index (κ3) is 2.45. The molecular formula is C14H16N2O3. The Labute approximate surface area is 111 Å². The van der Waals surface area contributed by atoms with Crippen LogP contribution in [0.25, 0.3) is 10.9 Å². The fourth-order valence-corrected chi connectivity index (χ4v) is 1.97. The Morgan fingerprint density at radius 3 is 2.42 bits per heavy atom. The minimum atomic E-state index is -0.121. The van der Waals surface area contributed by atoms with Gasteiger partial charge in [0, 0.05) is 18.4 Å². The number of hydrogen-bond acceptors (Lipinski definition) is 4. The van der Waals surface area contributed by atoms with Gasteiger partial charge in [0.25, 0.3) is 0 Å². The summed E-state index contributed by atoms with van der Waals surface area (Å²) in [6, 6.07) is 3.68. The van der Waals surface area contributed by atoms with Crippen molar-refractivity contribution >= 4 is 22.5 Å². The molecule has 0 aliphatic carbocycles. The van der Waals surface area contributed by atoms with Crippen molar-refractivity contribution in [3.8, 4) is 11.5 Å². The maximum Gasteiger partial charge on any atom is 0.221 e. The predicted molar refractivity (Wildman–Crippen MR) is 73.9 cm³/mol. The van der Waals surface area contributed by atoms with E-state index in [4.69, 9.17) is 9.47 Å². The molecular weight excluding hydrogens is 244 g/mol. The van der Waals surface area contributed by atoms with Crippen LogP contribution in [0.4, 0.5) is 5.69 Å². The smallest absolute Gasteiger partial charge is 0.221 e. The van der Waals surface area contributed by atoms with Crippen molar-refractivity contribution in [1.82, 2.24) is 4.98 Å². The number of carbonyl (C=O) groups excluding carboxylic acids is 1. The molecule has 5 nitrogen and oxygen atoms in total. The van der Waals surface area contributed by atoms with Crippen LogP contribution in [0.3, 0.4) is 0 Å². The van der Waals surface area contributed by atoms with Crippen molar-refractivity contribution in [2.45, 2.75) is 13.8 Å². The molecule has 0 radical (unpaired) electrons. The first-order chi connectivity index (χ1) is 9.06. The molecule has 1 aromatic carbocycles. The molecule has 1 aromatic heterocycles. The quantitative estimate of drug-likeness (QED) is 0.921. The lowest BCUT2D eigenvalue weighted by molar-refractivity contribution is -0.114. The molecule has 1 N–H and O–H groups in total. The number of nitrogens with zero attached hydrogens (tertiary/aromatic N) is 1. The third-order valence-corrected chi connectivity index (χ3v) is 2.95. The molecule has 100 valence electrons. The van der Waals surface area contributed by atoms with Crippen molar-refractivity contribution in [3.63, 3.8) is 0 Å². The number of anilines is 1. The first-order valence-corrected chi connectivity index (χ1v) is 5.85. The summed E-state index contributed by atoms with van der Waals surface area (Å²) in [5.41, 5.74) is 2.44. The number of pyridine rings is 1. The number of ether oxygens (including phenoxy) is 2. The molecule has 0 aliphatic rings. The van der Waals surface area contributed by atoms with E-state index in [0.29, 0.717) is 17.2 Å². The van der Waals surface area contributed by atoms with Crippen molar-refractivity contribution in [1.29, 1.82) is 0 Å². The van der Waals surface area contributed by atoms with E-state index >= 15 is 0 Å². The van der Waals surface area contributed by atoms with E-state index in [1.807, 2.05) is 19.1 Å². The molecule has 0 bridgehead atoms. The van der Waals surface area contributed by atoms with Gasteiger partial charge in [0.1, 0.15) is 0 Å². The highest BCUT2D eigenvalue weighted by Gasteiger charge is 2.11. The lowest BCUT2D eigenvalue weighted by atomic mass is 10.1.